The summed E-state index contributed by atoms with van der Waals surface area (Å²) < 4.78 is 10.7. The molecule has 1 aliphatic heterocycles. The lowest BCUT2D eigenvalue weighted by Crippen LogP contribution is -2.47. The maximum absolute atomic E-state index is 12.9. The maximum Gasteiger partial charge on any atom is 0.350 e. The second-order valence-electron chi connectivity index (χ2n) is 7.51. The molecule has 0 radical (unpaired) electrons. The third-order valence-corrected chi connectivity index (χ3v) is 6.28. The summed E-state index contributed by atoms with van der Waals surface area (Å²) in [6.07, 6.45) is 0. The van der Waals surface area contributed by atoms with Crippen LogP contribution in [0.3, 0.4) is 0 Å². The number of urea groups is 1. The van der Waals surface area contributed by atoms with Gasteiger partial charge in [0, 0.05) is 0 Å². The zero-order chi connectivity index (χ0) is 24.4. The zero-order valence-corrected chi connectivity index (χ0v) is 19.6. The van der Waals surface area contributed by atoms with Crippen LogP contribution in [0.2, 0.25) is 0 Å². The van der Waals surface area contributed by atoms with Gasteiger partial charge in [0.05, 0.1) is 40.7 Å². The molecule has 3 heterocycles. The van der Waals surface area contributed by atoms with Gasteiger partial charge >= 0.3 is 18.0 Å². The summed E-state index contributed by atoms with van der Waals surface area (Å²) in [5, 5.41) is 5.90. The summed E-state index contributed by atoms with van der Waals surface area (Å²) in [5.74, 6) is -0.755. The Morgan fingerprint density at radius 1 is 1.12 bits per heavy atom. The van der Waals surface area contributed by atoms with Gasteiger partial charge in [0.25, 0.3) is 0 Å². The number of carbonyl (C=O) groups is 3. The third-order valence-electron chi connectivity index (χ3n) is 5.20. The van der Waals surface area contributed by atoms with Gasteiger partial charge in [0.15, 0.2) is 0 Å². The van der Waals surface area contributed by atoms with Crippen LogP contribution in [0, 0.1) is 13.8 Å². The molecule has 3 aromatic rings. The Morgan fingerprint density at radius 2 is 1.85 bits per heavy atom. The van der Waals surface area contributed by atoms with Crippen molar-refractivity contribution in [1.29, 1.82) is 0 Å². The van der Waals surface area contributed by atoms with E-state index in [1.165, 1.54) is 0 Å². The molecule has 0 saturated heterocycles. The summed E-state index contributed by atoms with van der Waals surface area (Å²) in [5.41, 5.74) is 8.07. The van der Waals surface area contributed by atoms with E-state index in [2.05, 4.69) is 20.6 Å². The van der Waals surface area contributed by atoms with Gasteiger partial charge in [-0.1, -0.05) is 30.3 Å². The lowest BCUT2D eigenvalue weighted by Gasteiger charge is -2.29. The summed E-state index contributed by atoms with van der Waals surface area (Å²) in [6, 6.07) is 7.68. The second kappa shape index (κ2) is 9.48. The van der Waals surface area contributed by atoms with Gasteiger partial charge in [0.2, 0.25) is 0 Å². The maximum atomic E-state index is 12.9. The van der Waals surface area contributed by atoms with Crippen molar-refractivity contribution in [2.75, 3.05) is 18.9 Å². The number of nitrogens with one attached hydrogen (secondary N) is 2. The van der Waals surface area contributed by atoms with Gasteiger partial charge in [0.1, 0.15) is 22.1 Å². The van der Waals surface area contributed by atoms with Gasteiger partial charge in [-0.25, -0.2) is 24.4 Å². The number of nitrogens with zero attached hydrogens (tertiary/aromatic N) is 2. The van der Waals surface area contributed by atoms with E-state index in [0.717, 1.165) is 11.3 Å². The van der Waals surface area contributed by atoms with Crippen LogP contribution in [-0.4, -0.2) is 41.2 Å². The van der Waals surface area contributed by atoms with Gasteiger partial charge in [-0.15, -0.1) is 11.3 Å². The van der Waals surface area contributed by atoms with Crippen LogP contribution in [0.15, 0.2) is 41.6 Å². The first-order valence-corrected chi connectivity index (χ1v) is 11.3. The minimum atomic E-state index is -0.766. The minimum absolute atomic E-state index is 0.135. The van der Waals surface area contributed by atoms with Gasteiger partial charge in [-0.05, 0) is 26.3 Å². The molecule has 176 valence electrons. The molecule has 0 aliphatic carbocycles. The molecule has 34 heavy (non-hydrogen) atoms. The molecule has 10 nitrogen and oxygen atoms in total. The molecular formula is C23H23N5O5S. The summed E-state index contributed by atoms with van der Waals surface area (Å²) in [4.78, 5) is 47.5. The number of fused-ring (bicyclic) bond motifs is 1. The van der Waals surface area contributed by atoms with E-state index in [9.17, 15) is 14.4 Å². The average Bonchev–Trinajstić information content (AvgIpc) is 3.14. The molecule has 1 unspecified atom stereocenters. The summed E-state index contributed by atoms with van der Waals surface area (Å²) in [6.45, 7) is 5.01. The monoisotopic (exact) mass is 481 g/mol. The molecule has 4 N–H and O–H groups in total. The lowest BCUT2D eigenvalue weighted by atomic mass is 9.95. The number of nitrogen functional groups attached to an aromatic ring is 1. The number of benzene rings is 1. The highest BCUT2D eigenvalue weighted by Gasteiger charge is 2.34. The molecule has 2 aromatic heterocycles. The van der Waals surface area contributed by atoms with Crippen LogP contribution in [0.25, 0.3) is 10.2 Å². The van der Waals surface area contributed by atoms with Gasteiger partial charge in [-0.3, -0.25) is 0 Å². The first kappa shape index (κ1) is 23.2. The highest BCUT2D eigenvalue weighted by Crippen LogP contribution is 2.35. The number of anilines is 1. The topological polar surface area (TPSA) is 146 Å². The number of rotatable bonds is 6. The number of aryl methyl sites for hydroxylation is 2. The first-order chi connectivity index (χ1) is 16.3. The Morgan fingerprint density at radius 3 is 2.56 bits per heavy atom. The van der Waals surface area contributed by atoms with Crippen LogP contribution in [-0.2, 0) is 14.3 Å². The molecule has 0 bridgehead atoms. The van der Waals surface area contributed by atoms with Crippen LogP contribution in [0.1, 0.15) is 39.7 Å². The number of aromatic nitrogens is 2. The molecule has 4 rings (SSSR count). The van der Waals surface area contributed by atoms with Crippen LogP contribution >= 0.6 is 11.3 Å². The van der Waals surface area contributed by atoms with E-state index in [0.29, 0.717) is 27.3 Å². The number of ether oxygens (including phenoxy) is 2. The fourth-order valence-corrected chi connectivity index (χ4v) is 4.85. The average molecular weight is 482 g/mol. The number of amides is 2. The number of hydrogen-bond acceptors (Lipinski definition) is 9. The van der Waals surface area contributed by atoms with Crippen molar-refractivity contribution in [3.05, 3.63) is 63.6 Å². The van der Waals surface area contributed by atoms with E-state index in [-0.39, 0.29) is 35.0 Å². The van der Waals surface area contributed by atoms with E-state index in [1.807, 2.05) is 6.07 Å². The number of thiophene rings is 1. The quantitative estimate of drug-likeness (QED) is 0.456. The second-order valence-corrected chi connectivity index (χ2v) is 8.51. The predicted molar refractivity (Wildman–Crippen MR) is 126 cm³/mol. The van der Waals surface area contributed by atoms with E-state index < -0.39 is 24.0 Å². The number of carbonyl (C=O) groups excluding carboxylic acids is 3. The minimum Gasteiger partial charge on any atom is -0.463 e. The van der Waals surface area contributed by atoms with Crippen molar-refractivity contribution in [3.63, 3.8) is 0 Å². The largest absolute Gasteiger partial charge is 0.463 e. The lowest BCUT2D eigenvalue weighted by molar-refractivity contribution is -0.139. The molecule has 0 spiro atoms. The van der Waals surface area contributed by atoms with Crippen molar-refractivity contribution in [2.45, 2.75) is 26.8 Å². The van der Waals surface area contributed by atoms with Crippen molar-refractivity contribution in [3.8, 4) is 0 Å². The Labute approximate surface area is 199 Å². The first-order valence-electron chi connectivity index (χ1n) is 10.5. The SMILES string of the molecule is CCOC(=O)C1=C(COC(=O)c2sc3nc(C)nc(C)c3c2N)NC(=O)NC1c1ccccc1. The van der Waals surface area contributed by atoms with E-state index >= 15 is 0 Å². The fourth-order valence-electron chi connectivity index (χ4n) is 3.76. The van der Waals surface area contributed by atoms with Crippen LogP contribution < -0.4 is 16.4 Å². The molecular weight excluding hydrogens is 458 g/mol. The van der Waals surface area contributed by atoms with Crippen LogP contribution in [0.4, 0.5) is 10.5 Å². The van der Waals surface area contributed by atoms with Crippen molar-refractivity contribution in [2.24, 2.45) is 0 Å². The zero-order valence-electron chi connectivity index (χ0n) is 18.8. The highest BCUT2D eigenvalue weighted by atomic mass is 32.1. The number of esters is 2. The number of nitrogens with two attached hydrogens (primary N) is 1. The summed E-state index contributed by atoms with van der Waals surface area (Å²) >= 11 is 1.10. The molecule has 0 fully saturated rings. The smallest absolute Gasteiger partial charge is 0.350 e. The Balaban J connectivity index is 1.66. The predicted octanol–water partition coefficient (Wildman–Crippen LogP) is 2.92. The van der Waals surface area contributed by atoms with Gasteiger partial charge in [-0.2, -0.15) is 0 Å². The van der Waals surface area contributed by atoms with E-state index in [1.54, 1.807) is 45.0 Å². The van der Waals surface area contributed by atoms with Crippen molar-refractivity contribution in [1.82, 2.24) is 20.6 Å². The van der Waals surface area contributed by atoms with E-state index in [4.69, 9.17) is 15.2 Å². The fraction of sp³-hybridized carbons (Fsp3) is 0.261. The molecule has 1 aliphatic rings. The van der Waals surface area contributed by atoms with Crippen LogP contribution in [0.5, 0.6) is 0 Å². The molecule has 11 heteroatoms. The number of hydrogen-bond donors (Lipinski definition) is 3. The standard InChI is InChI=1S/C23H23N5O5S/c1-4-32-21(29)16-14(27-23(31)28-18(16)13-8-6-5-7-9-13)10-33-22(30)19-17(24)15-11(2)25-12(3)26-20(15)34-19/h5-9,18H,4,10,24H2,1-3H3,(H2,27,28,31). The molecule has 1 atom stereocenters. The highest BCUT2D eigenvalue weighted by molar-refractivity contribution is 7.21. The molecule has 1 aromatic carbocycles. The van der Waals surface area contributed by atoms with Crippen molar-refractivity contribution >= 4 is 45.2 Å². The third kappa shape index (κ3) is 4.42. The summed E-state index contributed by atoms with van der Waals surface area (Å²) in [7, 11) is 0. The Kier molecular flexibility index (Phi) is 6.46. The Hall–Kier alpha value is -3.99. The van der Waals surface area contributed by atoms with Gasteiger partial charge < -0.3 is 25.8 Å². The van der Waals surface area contributed by atoms with Crippen molar-refractivity contribution < 1.29 is 23.9 Å². The Bertz CT molecular complexity index is 1320. The molecule has 0 saturated carbocycles. The molecule has 2 amide bonds. The normalized spacial score (nSPS) is 15.6.